The van der Waals surface area contributed by atoms with Crippen molar-refractivity contribution in [2.75, 3.05) is 27.2 Å². The summed E-state index contributed by atoms with van der Waals surface area (Å²) in [7, 11) is 3.13. The molecule has 0 saturated carbocycles. The number of ether oxygens (including phenoxy) is 1. The SMILES string of the molecule is C=CCN(C)C(=O)N1CC(OC)CC1C(=O)O. The van der Waals surface area contributed by atoms with Crippen LogP contribution in [0.4, 0.5) is 4.79 Å². The Morgan fingerprint density at radius 3 is 2.76 bits per heavy atom. The zero-order valence-corrected chi connectivity index (χ0v) is 10.1. The number of carbonyl (C=O) groups excluding carboxylic acids is 1. The lowest BCUT2D eigenvalue weighted by molar-refractivity contribution is -0.141. The van der Waals surface area contributed by atoms with E-state index in [9.17, 15) is 9.59 Å². The van der Waals surface area contributed by atoms with Gasteiger partial charge in [0.25, 0.3) is 0 Å². The molecule has 2 atom stereocenters. The Kier molecular flexibility index (Phi) is 4.51. The van der Waals surface area contributed by atoms with E-state index in [1.54, 1.807) is 13.1 Å². The Morgan fingerprint density at radius 2 is 2.29 bits per heavy atom. The molecule has 0 bridgehead atoms. The van der Waals surface area contributed by atoms with E-state index in [0.29, 0.717) is 19.5 Å². The average molecular weight is 242 g/mol. The van der Waals surface area contributed by atoms with Gasteiger partial charge in [-0.3, -0.25) is 0 Å². The van der Waals surface area contributed by atoms with Gasteiger partial charge in [0, 0.05) is 33.7 Å². The molecule has 1 fully saturated rings. The van der Waals surface area contributed by atoms with Crippen LogP contribution in [0.15, 0.2) is 12.7 Å². The average Bonchev–Trinajstić information content (AvgIpc) is 2.72. The van der Waals surface area contributed by atoms with Crippen molar-refractivity contribution in [1.82, 2.24) is 9.80 Å². The first-order valence-electron chi connectivity index (χ1n) is 5.39. The lowest BCUT2D eigenvalue weighted by atomic mass is 10.2. The summed E-state index contributed by atoms with van der Waals surface area (Å²) in [5.41, 5.74) is 0. The van der Waals surface area contributed by atoms with Crippen LogP contribution in [0.1, 0.15) is 6.42 Å². The number of rotatable bonds is 4. The van der Waals surface area contributed by atoms with Crippen LogP contribution in [-0.4, -0.2) is 66.3 Å². The Labute approximate surface area is 100 Å². The molecule has 1 aliphatic heterocycles. The van der Waals surface area contributed by atoms with Gasteiger partial charge in [0.2, 0.25) is 0 Å². The normalized spacial score (nSPS) is 23.5. The van der Waals surface area contributed by atoms with Crippen molar-refractivity contribution in [1.29, 1.82) is 0 Å². The second-order valence-corrected chi connectivity index (χ2v) is 4.05. The van der Waals surface area contributed by atoms with Crippen molar-refractivity contribution in [2.45, 2.75) is 18.6 Å². The molecular formula is C11H18N2O4. The summed E-state index contributed by atoms with van der Waals surface area (Å²) in [5.74, 6) is -0.995. The number of hydrogen-bond donors (Lipinski definition) is 1. The molecule has 6 nitrogen and oxygen atoms in total. The number of likely N-dealkylation sites (N-methyl/N-ethyl adjacent to an activating group) is 1. The van der Waals surface area contributed by atoms with Crippen LogP contribution in [0.25, 0.3) is 0 Å². The van der Waals surface area contributed by atoms with Crippen molar-refractivity contribution in [2.24, 2.45) is 0 Å². The smallest absolute Gasteiger partial charge is 0.326 e. The van der Waals surface area contributed by atoms with Gasteiger partial charge < -0.3 is 19.6 Å². The largest absolute Gasteiger partial charge is 0.480 e. The zero-order valence-electron chi connectivity index (χ0n) is 10.1. The first-order chi connectivity index (χ1) is 8.01. The molecule has 1 saturated heterocycles. The molecule has 2 unspecified atom stereocenters. The molecule has 0 aromatic carbocycles. The number of carboxylic acids is 1. The predicted octanol–water partition coefficient (Wildman–Crippen LogP) is 0.398. The van der Waals surface area contributed by atoms with Gasteiger partial charge in [-0.15, -0.1) is 6.58 Å². The lowest BCUT2D eigenvalue weighted by Crippen LogP contribution is -2.46. The van der Waals surface area contributed by atoms with E-state index < -0.39 is 12.0 Å². The molecule has 0 aromatic heterocycles. The Morgan fingerprint density at radius 1 is 1.65 bits per heavy atom. The van der Waals surface area contributed by atoms with Crippen LogP contribution in [0.3, 0.4) is 0 Å². The van der Waals surface area contributed by atoms with Crippen LogP contribution in [0.2, 0.25) is 0 Å². The van der Waals surface area contributed by atoms with E-state index in [1.165, 1.54) is 16.9 Å². The Bertz CT molecular complexity index is 319. The number of likely N-dealkylation sites (tertiary alicyclic amines) is 1. The number of urea groups is 1. The van der Waals surface area contributed by atoms with Gasteiger partial charge in [-0.05, 0) is 0 Å². The maximum atomic E-state index is 12.0. The van der Waals surface area contributed by atoms with E-state index in [0.717, 1.165) is 0 Å². The minimum absolute atomic E-state index is 0.211. The van der Waals surface area contributed by atoms with Gasteiger partial charge >= 0.3 is 12.0 Å². The highest BCUT2D eigenvalue weighted by Gasteiger charge is 2.40. The molecule has 0 spiro atoms. The van der Waals surface area contributed by atoms with Crippen molar-refractivity contribution in [3.63, 3.8) is 0 Å². The summed E-state index contributed by atoms with van der Waals surface area (Å²) >= 11 is 0. The maximum absolute atomic E-state index is 12.0. The fraction of sp³-hybridized carbons (Fsp3) is 0.636. The van der Waals surface area contributed by atoms with Gasteiger partial charge in [-0.25, -0.2) is 9.59 Å². The third kappa shape index (κ3) is 2.97. The number of nitrogens with zero attached hydrogens (tertiary/aromatic N) is 2. The first-order valence-corrected chi connectivity index (χ1v) is 5.39. The predicted molar refractivity (Wildman–Crippen MR) is 61.8 cm³/mol. The molecule has 0 aromatic rings. The van der Waals surface area contributed by atoms with Crippen LogP contribution in [0.5, 0.6) is 0 Å². The topological polar surface area (TPSA) is 70.1 Å². The number of hydrogen-bond acceptors (Lipinski definition) is 3. The molecular weight excluding hydrogens is 224 g/mol. The summed E-state index contributed by atoms with van der Waals surface area (Å²) in [5, 5.41) is 9.07. The maximum Gasteiger partial charge on any atom is 0.326 e. The van der Waals surface area contributed by atoms with Crippen molar-refractivity contribution >= 4 is 12.0 Å². The fourth-order valence-corrected chi connectivity index (χ4v) is 1.90. The minimum Gasteiger partial charge on any atom is -0.480 e. The highest BCUT2D eigenvalue weighted by atomic mass is 16.5. The molecule has 1 heterocycles. The van der Waals surface area contributed by atoms with E-state index in [2.05, 4.69) is 6.58 Å². The summed E-state index contributed by atoms with van der Waals surface area (Å²) in [6.45, 7) is 4.24. The third-order valence-corrected chi connectivity index (χ3v) is 2.86. The summed E-state index contributed by atoms with van der Waals surface area (Å²) in [6, 6.07) is -1.11. The Balaban J connectivity index is 2.76. The molecule has 0 aliphatic carbocycles. The summed E-state index contributed by atoms with van der Waals surface area (Å²) < 4.78 is 5.12. The highest BCUT2D eigenvalue weighted by molar-refractivity contribution is 5.83. The number of carboxylic acid groups (broad SMARTS) is 1. The van der Waals surface area contributed by atoms with Gasteiger partial charge in [0.05, 0.1) is 6.10 Å². The second-order valence-electron chi connectivity index (χ2n) is 4.05. The summed E-state index contributed by atoms with van der Waals surface area (Å²) in [6.07, 6.45) is 1.72. The van der Waals surface area contributed by atoms with Gasteiger partial charge in [0.15, 0.2) is 0 Å². The number of amides is 2. The van der Waals surface area contributed by atoms with Crippen LogP contribution in [-0.2, 0) is 9.53 Å². The van der Waals surface area contributed by atoms with E-state index in [4.69, 9.17) is 9.84 Å². The van der Waals surface area contributed by atoms with E-state index >= 15 is 0 Å². The third-order valence-electron chi connectivity index (χ3n) is 2.86. The first kappa shape index (κ1) is 13.5. The van der Waals surface area contributed by atoms with Gasteiger partial charge in [0.1, 0.15) is 6.04 Å². The zero-order chi connectivity index (χ0) is 13.0. The molecule has 17 heavy (non-hydrogen) atoms. The molecule has 1 N–H and O–H groups in total. The number of carbonyl (C=O) groups is 2. The molecule has 96 valence electrons. The number of methoxy groups -OCH3 is 1. The lowest BCUT2D eigenvalue weighted by Gasteiger charge is -2.26. The molecule has 6 heteroatoms. The highest BCUT2D eigenvalue weighted by Crippen LogP contribution is 2.21. The monoisotopic (exact) mass is 242 g/mol. The van der Waals surface area contributed by atoms with Crippen LogP contribution in [0, 0.1) is 0 Å². The molecule has 0 radical (unpaired) electrons. The van der Waals surface area contributed by atoms with E-state index in [-0.39, 0.29) is 12.1 Å². The fourth-order valence-electron chi connectivity index (χ4n) is 1.90. The Hall–Kier alpha value is -1.56. The van der Waals surface area contributed by atoms with Crippen molar-refractivity contribution in [3.05, 3.63) is 12.7 Å². The standard InChI is InChI=1S/C11H18N2O4/c1-4-5-12(2)11(16)13-7-8(17-3)6-9(13)10(14)15/h4,8-9H,1,5-7H2,2-3H3,(H,14,15). The van der Waals surface area contributed by atoms with Crippen molar-refractivity contribution < 1.29 is 19.4 Å². The second kappa shape index (κ2) is 5.67. The quantitative estimate of drug-likeness (QED) is 0.724. The summed E-state index contributed by atoms with van der Waals surface area (Å²) in [4.78, 5) is 25.8. The van der Waals surface area contributed by atoms with Crippen molar-refractivity contribution in [3.8, 4) is 0 Å². The van der Waals surface area contributed by atoms with Gasteiger partial charge in [-0.2, -0.15) is 0 Å². The minimum atomic E-state index is -0.995. The molecule has 1 aliphatic rings. The molecule has 2 amide bonds. The van der Waals surface area contributed by atoms with Crippen LogP contribution >= 0.6 is 0 Å². The van der Waals surface area contributed by atoms with Gasteiger partial charge in [-0.1, -0.05) is 6.08 Å². The van der Waals surface area contributed by atoms with Crippen LogP contribution < -0.4 is 0 Å². The molecule has 1 rings (SSSR count). The van der Waals surface area contributed by atoms with E-state index in [1.807, 2.05) is 0 Å². The number of aliphatic carboxylic acids is 1.